The van der Waals surface area contributed by atoms with Gasteiger partial charge in [-0.25, -0.2) is 0 Å². The van der Waals surface area contributed by atoms with Crippen LogP contribution in [-0.4, -0.2) is 14.3 Å². The monoisotopic (exact) mass is 259 g/mol. The lowest BCUT2D eigenvalue weighted by Gasteiger charge is -2.04. The van der Waals surface area contributed by atoms with E-state index in [0.29, 0.717) is 0 Å². The Hall–Kier alpha value is -1.74. The standard InChI is InChI=1S/C14H14ClN3/c1-17-10-11(9-16-17)4-6-18-7-5-12-2-3-13(15)8-14(12)18/h2-3,5,7-10H,4,6H2,1H3. The molecule has 2 aromatic heterocycles. The Kier molecular flexibility index (Phi) is 2.84. The Labute approximate surface area is 111 Å². The van der Waals surface area contributed by atoms with Gasteiger partial charge >= 0.3 is 0 Å². The minimum atomic E-state index is 0.781. The molecule has 0 aliphatic carbocycles. The summed E-state index contributed by atoms with van der Waals surface area (Å²) in [7, 11) is 1.94. The molecule has 4 heteroatoms. The van der Waals surface area contributed by atoms with E-state index < -0.39 is 0 Å². The molecule has 92 valence electrons. The van der Waals surface area contributed by atoms with Gasteiger partial charge in [-0.15, -0.1) is 0 Å². The zero-order chi connectivity index (χ0) is 12.5. The van der Waals surface area contributed by atoms with Crippen molar-refractivity contribution in [1.29, 1.82) is 0 Å². The Morgan fingerprint density at radius 1 is 1.28 bits per heavy atom. The van der Waals surface area contributed by atoms with Crippen LogP contribution in [0.25, 0.3) is 10.9 Å². The summed E-state index contributed by atoms with van der Waals surface area (Å²) in [5.74, 6) is 0. The lowest BCUT2D eigenvalue weighted by molar-refractivity contribution is 0.720. The lowest BCUT2D eigenvalue weighted by Crippen LogP contribution is -1.99. The Balaban J connectivity index is 1.84. The van der Waals surface area contributed by atoms with E-state index in [4.69, 9.17) is 11.6 Å². The quantitative estimate of drug-likeness (QED) is 0.708. The zero-order valence-electron chi connectivity index (χ0n) is 10.2. The van der Waals surface area contributed by atoms with Crippen LogP contribution >= 0.6 is 11.6 Å². The van der Waals surface area contributed by atoms with Gasteiger partial charge in [-0.1, -0.05) is 17.7 Å². The van der Waals surface area contributed by atoms with Crippen molar-refractivity contribution < 1.29 is 0 Å². The molecule has 2 heterocycles. The number of rotatable bonds is 3. The normalized spacial score (nSPS) is 11.2. The number of benzene rings is 1. The van der Waals surface area contributed by atoms with Crippen LogP contribution in [0, 0.1) is 0 Å². The van der Waals surface area contributed by atoms with Gasteiger partial charge in [-0.05, 0) is 35.6 Å². The minimum absolute atomic E-state index is 0.781. The highest BCUT2D eigenvalue weighted by Gasteiger charge is 2.03. The molecule has 0 saturated carbocycles. The number of halogens is 1. The van der Waals surface area contributed by atoms with Gasteiger partial charge in [-0.3, -0.25) is 4.68 Å². The smallest absolute Gasteiger partial charge is 0.0522 e. The van der Waals surface area contributed by atoms with E-state index in [1.165, 1.54) is 16.5 Å². The first kappa shape index (κ1) is 11.4. The van der Waals surface area contributed by atoms with E-state index in [1.54, 1.807) is 0 Å². The van der Waals surface area contributed by atoms with E-state index in [-0.39, 0.29) is 0 Å². The molecular formula is C14H14ClN3. The van der Waals surface area contributed by atoms with Crippen LogP contribution in [0.5, 0.6) is 0 Å². The molecule has 0 amide bonds. The number of aryl methyl sites for hydroxylation is 3. The van der Waals surface area contributed by atoms with E-state index >= 15 is 0 Å². The third-order valence-corrected chi connectivity index (χ3v) is 3.37. The maximum absolute atomic E-state index is 6.04. The van der Waals surface area contributed by atoms with Gasteiger partial charge in [0, 0.05) is 36.5 Å². The summed E-state index contributed by atoms with van der Waals surface area (Å²) in [5, 5.41) is 6.19. The molecule has 3 aromatic rings. The molecule has 3 nitrogen and oxygen atoms in total. The number of aromatic nitrogens is 3. The molecule has 18 heavy (non-hydrogen) atoms. The average Bonchev–Trinajstić information content (AvgIpc) is 2.93. The van der Waals surface area contributed by atoms with Gasteiger partial charge in [0.25, 0.3) is 0 Å². The third-order valence-electron chi connectivity index (χ3n) is 3.14. The van der Waals surface area contributed by atoms with Crippen molar-refractivity contribution in [2.75, 3.05) is 0 Å². The molecule has 0 aliphatic heterocycles. The minimum Gasteiger partial charge on any atom is -0.347 e. The second-order valence-electron chi connectivity index (χ2n) is 4.48. The molecule has 1 aromatic carbocycles. The molecular weight excluding hydrogens is 246 g/mol. The fourth-order valence-corrected chi connectivity index (χ4v) is 2.37. The summed E-state index contributed by atoms with van der Waals surface area (Å²) in [6, 6.07) is 8.11. The molecule has 0 radical (unpaired) electrons. The first-order valence-corrected chi connectivity index (χ1v) is 6.32. The topological polar surface area (TPSA) is 22.8 Å². The molecule has 0 unspecified atom stereocenters. The van der Waals surface area contributed by atoms with Crippen LogP contribution in [0.15, 0.2) is 42.9 Å². The predicted octanol–water partition coefficient (Wildman–Crippen LogP) is 3.27. The number of nitrogens with zero attached hydrogens (tertiary/aromatic N) is 3. The highest BCUT2D eigenvalue weighted by atomic mass is 35.5. The number of hydrogen-bond donors (Lipinski definition) is 0. The van der Waals surface area contributed by atoms with Crippen molar-refractivity contribution in [2.24, 2.45) is 7.05 Å². The van der Waals surface area contributed by atoms with Gasteiger partial charge < -0.3 is 4.57 Å². The van der Waals surface area contributed by atoms with Gasteiger partial charge in [-0.2, -0.15) is 5.10 Å². The summed E-state index contributed by atoms with van der Waals surface area (Å²) in [6.45, 7) is 0.940. The third kappa shape index (κ3) is 2.14. The fourth-order valence-electron chi connectivity index (χ4n) is 2.20. The van der Waals surface area contributed by atoms with Crippen LogP contribution in [0.1, 0.15) is 5.56 Å². The van der Waals surface area contributed by atoms with E-state index in [0.717, 1.165) is 18.0 Å². The van der Waals surface area contributed by atoms with E-state index in [9.17, 15) is 0 Å². The summed E-state index contributed by atoms with van der Waals surface area (Å²) in [5.41, 5.74) is 2.44. The van der Waals surface area contributed by atoms with Crippen molar-refractivity contribution in [3.05, 3.63) is 53.4 Å². The van der Waals surface area contributed by atoms with Gasteiger partial charge in [0.2, 0.25) is 0 Å². The van der Waals surface area contributed by atoms with Gasteiger partial charge in [0.05, 0.1) is 6.20 Å². The average molecular weight is 260 g/mol. The molecule has 0 fully saturated rings. The van der Waals surface area contributed by atoms with Crippen LogP contribution in [0.2, 0.25) is 5.02 Å². The summed E-state index contributed by atoms with van der Waals surface area (Å²) < 4.78 is 4.06. The summed E-state index contributed by atoms with van der Waals surface area (Å²) in [6.07, 6.45) is 7.05. The molecule has 0 aliphatic rings. The SMILES string of the molecule is Cn1cc(CCn2ccc3ccc(Cl)cc32)cn1. The van der Waals surface area contributed by atoms with Crippen molar-refractivity contribution in [2.45, 2.75) is 13.0 Å². The Morgan fingerprint density at radius 3 is 2.94 bits per heavy atom. The van der Waals surface area contributed by atoms with Crippen LogP contribution < -0.4 is 0 Å². The predicted molar refractivity (Wildman–Crippen MR) is 73.9 cm³/mol. The van der Waals surface area contributed by atoms with Crippen LogP contribution in [0.3, 0.4) is 0 Å². The van der Waals surface area contributed by atoms with Crippen molar-refractivity contribution in [3.63, 3.8) is 0 Å². The van der Waals surface area contributed by atoms with Crippen molar-refractivity contribution >= 4 is 22.5 Å². The first-order chi connectivity index (χ1) is 8.72. The Morgan fingerprint density at radius 2 is 2.17 bits per heavy atom. The molecule has 0 atom stereocenters. The maximum atomic E-state index is 6.04. The maximum Gasteiger partial charge on any atom is 0.0522 e. The van der Waals surface area contributed by atoms with Crippen molar-refractivity contribution in [1.82, 2.24) is 14.3 Å². The van der Waals surface area contributed by atoms with Gasteiger partial charge in [0.15, 0.2) is 0 Å². The Bertz CT molecular complexity index is 681. The van der Waals surface area contributed by atoms with Crippen LogP contribution in [0.4, 0.5) is 0 Å². The largest absolute Gasteiger partial charge is 0.347 e. The first-order valence-electron chi connectivity index (χ1n) is 5.94. The van der Waals surface area contributed by atoms with Crippen LogP contribution in [-0.2, 0) is 20.0 Å². The molecule has 0 N–H and O–H groups in total. The highest BCUT2D eigenvalue weighted by Crippen LogP contribution is 2.20. The lowest BCUT2D eigenvalue weighted by atomic mass is 10.2. The summed E-state index contributed by atoms with van der Waals surface area (Å²) in [4.78, 5) is 0. The highest BCUT2D eigenvalue weighted by molar-refractivity contribution is 6.31. The number of hydrogen-bond acceptors (Lipinski definition) is 1. The van der Waals surface area contributed by atoms with Gasteiger partial charge in [0.1, 0.15) is 0 Å². The zero-order valence-corrected chi connectivity index (χ0v) is 10.9. The fraction of sp³-hybridized carbons (Fsp3) is 0.214. The molecule has 0 bridgehead atoms. The molecule has 0 spiro atoms. The second kappa shape index (κ2) is 4.50. The molecule has 3 rings (SSSR count). The molecule has 0 saturated heterocycles. The number of fused-ring (bicyclic) bond motifs is 1. The second-order valence-corrected chi connectivity index (χ2v) is 4.92. The summed E-state index contributed by atoms with van der Waals surface area (Å²) >= 11 is 6.04. The van der Waals surface area contributed by atoms with E-state index in [2.05, 4.69) is 34.2 Å². The van der Waals surface area contributed by atoms with Crippen molar-refractivity contribution in [3.8, 4) is 0 Å². The van der Waals surface area contributed by atoms with E-state index in [1.807, 2.05) is 30.1 Å².